The number of nitrogens with zero attached hydrogens (tertiary/aromatic N) is 3. The zero-order chi connectivity index (χ0) is 27.7. The number of carbonyl (C=O) groups is 1. The van der Waals surface area contributed by atoms with Crippen LogP contribution >= 0.6 is 35.3 Å². The molecule has 0 spiro atoms. The van der Waals surface area contributed by atoms with Gasteiger partial charge >= 0.3 is 5.97 Å². The number of aliphatic hydroxyl groups excluding tert-OH is 1. The van der Waals surface area contributed by atoms with Gasteiger partial charge in [0.2, 0.25) is 0 Å². The molecule has 4 rings (SSSR count). The Kier molecular flexibility index (Phi) is 9.50. The molecule has 210 valence electrons. The minimum atomic E-state index is -0.908. The van der Waals surface area contributed by atoms with E-state index in [0.29, 0.717) is 11.5 Å². The summed E-state index contributed by atoms with van der Waals surface area (Å²) >= 11 is 5.09. The molecule has 1 fully saturated rings. The Morgan fingerprint density at radius 3 is 2.76 bits per heavy atom. The lowest BCUT2D eigenvalue weighted by molar-refractivity contribution is -0.145. The number of phenols is 1. The monoisotopic (exact) mass is 579 g/mol. The van der Waals surface area contributed by atoms with E-state index in [9.17, 15) is 15.0 Å². The number of hydrogen-bond donors (Lipinski definition) is 2. The number of aliphatic hydroxyl groups is 1. The number of unbranched alkanes of at least 4 members (excludes halogenated alkanes) is 2. The van der Waals surface area contributed by atoms with E-state index in [1.54, 1.807) is 24.8 Å². The zero-order valence-corrected chi connectivity index (χ0v) is 25.7. The van der Waals surface area contributed by atoms with Gasteiger partial charge in [-0.1, -0.05) is 45.7 Å². The van der Waals surface area contributed by atoms with Crippen LogP contribution in [0, 0.1) is 5.41 Å². The molecule has 2 N–H and O–H groups in total. The molecule has 0 aromatic heterocycles. The molecule has 0 unspecified atom stereocenters. The van der Waals surface area contributed by atoms with Crippen LogP contribution in [-0.2, 0) is 16.0 Å². The molecule has 5 atom stereocenters. The molecule has 3 aliphatic heterocycles. The number of esters is 1. The van der Waals surface area contributed by atoms with Crippen LogP contribution in [0.2, 0.25) is 0 Å². The van der Waals surface area contributed by atoms with Gasteiger partial charge in [-0.3, -0.25) is 14.9 Å². The molecule has 0 amide bonds. The highest BCUT2D eigenvalue weighted by Gasteiger charge is 2.50. The van der Waals surface area contributed by atoms with Crippen LogP contribution in [0.1, 0.15) is 58.1 Å². The van der Waals surface area contributed by atoms with E-state index in [1.807, 2.05) is 31.7 Å². The molecule has 1 aromatic rings. The standard InChI is InChI=1S/C28H41N3O4S3/c1-7-8-9-11-17-12-10-13-20(32)21(17)23-29-18(14-36-23)24-31(5)19(15-37-24)22(33)27(2,3)25-30-28(4,16-38-25)26(34)35-6/h10,12-13,18-19,22,24,32-33H,7-9,11,14-16H2,1-6H3/t18-,19+,22-,24+,28-/m1/s1. The minimum absolute atomic E-state index is 0.0627. The molecule has 3 aliphatic rings. The zero-order valence-electron chi connectivity index (χ0n) is 23.3. The van der Waals surface area contributed by atoms with Crippen molar-refractivity contribution in [2.75, 3.05) is 31.4 Å². The second-order valence-corrected chi connectivity index (χ2v) is 14.3. The van der Waals surface area contributed by atoms with Crippen molar-refractivity contribution in [3.63, 3.8) is 0 Å². The third kappa shape index (κ3) is 5.80. The number of benzene rings is 1. The van der Waals surface area contributed by atoms with Crippen molar-refractivity contribution in [3.05, 3.63) is 29.3 Å². The normalized spacial score (nSPS) is 28.9. The highest BCUT2D eigenvalue weighted by molar-refractivity contribution is 8.15. The Morgan fingerprint density at radius 2 is 2.05 bits per heavy atom. The molecule has 0 bridgehead atoms. The summed E-state index contributed by atoms with van der Waals surface area (Å²) in [4.78, 5) is 24.4. The number of methoxy groups -OCH3 is 1. The molecule has 3 heterocycles. The van der Waals surface area contributed by atoms with Crippen LogP contribution in [0.4, 0.5) is 0 Å². The van der Waals surface area contributed by atoms with Crippen LogP contribution in [-0.4, -0.2) is 91.7 Å². The third-order valence-electron chi connectivity index (χ3n) is 7.88. The summed E-state index contributed by atoms with van der Waals surface area (Å²) in [7, 11) is 3.46. The quantitative estimate of drug-likeness (QED) is 0.301. The summed E-state index contributed by atoms with van der Waals surface area (Å²) in [6.45, 7) is 8.02. The van der Waals surface area contributed by atoms with Crippen molar-refractivity contribution in [1.82, 2.24) is 4.90 Å². The van der Waals surface area contributed by atoms with Gasteiger partial charge < -0.3 is 14.9 Å². The van der Waals surface area contributed by atoms with Crippen LogP contribution in [0.25, 0.3) is 0 Å². The first kappa shape index (κ1) is 29.8. The maximum atomic E-state index is 12.3. The van der Waals surface area contributed by atoms with Gasteiger partial charge in [0.05, 0.1) is 35.2 Å². The highest BCUT2D eigenvalue weighted by atomic mass is 32.2. The van der Waals surface area contributed by atoms with E-state index in [0.717, 1.165) is 46.4 Å². The van der Waals surface area contributed by atoms with Crippen molar-refractivity contribution < 1.29 is 19.7 Å². The van der Waals surface area contributed by atoms with E-state index in [4.69, 9.17) is 14.7 Å². The summed E-state index contributed by atoms with van der Waals surface area (Å²) in [5, 5.41) is 24.2. The number of carbonyl (C=O) groups excluding carboxylic acids is 1. The van der Waals surface area contributed by atoms with Crippen molar-refractivity contribution >= 4 is 51.3 Å². The first-order valence-electron chi connectivity index (χ1n) is 13.4. The number of ether oxygens (including phenoxy) is 1. The Morgan fingerprint density at radius 1 is 1.29 bits per heavy atom. The van der Waals surface area contributed by atoms with Crippen LogP contribution in [0.15, 0.2) is 28.2 Å². The van der Waals surface area contributed by atoms with Crippen LogP contribution < -0.4 is 0 Å². The number of aromatic hydroxyl groups is 1. The number of aliphatic imine (C=N–C) groups is 2. The lowest BCUT2D eigenvalue weighted by atomic mass is 9.83. The SMILES string of the molecule is CCCCCc1cccc(O)c1C1=N[C@@H]([C@@H]2SC[C@@H]([C@@H](O)C(C)(C)C3=N[C@@](C)(C(=O)OC)CS3)N2C)CS1. The number of likely N-dealkylation sites (N-methyl/N-ethyl adjacent to an activating group) is 1. The smallest absolute Gasteiger partial charge is 0.334 e. The summed E-state index contributed by atoms with van der Waals surface area (Å²) in [6.07, 6.45) is 3.73. The second kappa shape index (κ2) is 12.1. The average Bonchev–Trinajstić information content (AvgIpc) is 3.62. The molecule has 0 aliphatic carbocycles. The fourth-order valence-electron chi connectivity index (χ4n) is 5.36. The molecular formula is C28H41N3O4S3. The molecule has 0 radical (unpaired) electrons. The predicted octanol–water partition coefficient (Wildman–Crippen LogP) is 4.82. The van der Waals surface area contributed by atoms with Gasteiger partial charge in [0.15, 0.2) is 5.54 Å². The molecule has 1 saturated heterocycles. The van der Waals surface area contributed by atoms with Gasteiger partial charge in [-0.25, -0.2) is 4.79 Å². The summed E-state index contributed by atoms with van der Waals surface area (Å²) in [5.74, 6) is 2.13. The van der Waals surface area contributed by atoms with Crippen molar-refractivity contribution in [3.8, 4) is 5.75 Å². The third-order valence-corrected chi connectivity index (χ3v) is 12.1. The van der Waals surface area contributed by atoms with Gasteiger partial charge in [0.1, 0.15) is 10.8 Å². The number of rotatable bonds is 10. The molecule has 1 aromatic carbocycles. The Hall–Kier alpha value is -1.20. The van der Waals surface area contributed by atoms with Crippen molar-refractivity contribution in [1.29, 1.82) is 0 Å². The molecule has 10 heteroatoms. The van der Waals surface area contributed by atoms with Gasteiger partial charge in [-0.2, -0.15) is 0 Å². The van der Waals surface area contributed by atoms with Crippen LogP contribution in [0.3, 0.4) is 0 Å². The Balaban J connectivity index is 1.48. The topological polar surface area (TPSA) is 94.7 Å². The van der Waals surface area contributed by atoms with Gasteiger partial charge in [-0.05, 0) is 38.4 Å². The number of phenolic OH excluding ortho intramolecular Hbond substituents is 1. The highest BCUT2D eigenvalue weighted by Crippen LogP contribution is 2.44. The fourth-order valence-corrected chi connectivity index (χ4v) is 9.60. The summed E-state index contributed by atoms with van der Waals surface area (Å²) in [5.41, 5.74) is 0.549. The van der Waals surface area contributed by atoms with Gasteiger partial charge in [-0.15, -0.1) is 35.3 Å². The second-order valence-electron chi connectivity index (χ2n) is 11.2. The molecule has 0 saturated carbocycles. The van der Waals surface area contributed by atoms with E-state index in [2.05, 4.69) is 24.9 Å². The lowest BCUT2D eigenvalue weighted by Crippen LogP contribution is -2.51. The van der Waals surface area contributed by atoms with Gasteiger partial charge in [0, 0.05) is 28.7 Å². The van der Waals surface area contributed by atoms with Crippen molar-refractivity contribution in [2.45, 2.75) is 82.5 Å². The largest absolute Gasteiger partial charge is 0.507 e. The van der Waals surface area contributed by atoms with E-state index < -0.39 is 17.1 Å². The number of hydrogen-bond acceptors (Lipinski definition) is 10. The number of aryl methyl sites for hydroxylation is 1. The van der Waals surface area contributed by atoms with E-state index >= 15 is 0 Å². The Bertz CT molecular complexity index is 1100. The van der Waals surface area contributed by atoms with Crippen molar-refractivity contribution in [2.24, 2.45) is 15.4 Å². The summed E-state index contributed by atoms with van der Waals surface area (Å²) < 4.78 is 4.96. The van der Waals surface area contributed by atoms with E-state index in [1.165, 1.54) is 30.9 Å². The maximum absolute atomic E-state index is 12.3. The summed E-state index contributed by atoms with van der Waals surface area (Å²) in [6, 6.07) is 5.81. The first-order chi connectivity index (χ1) is 18.0. The van der Waals surface area contributed by atoms with Crippen LogP contribution in [0.5, 0.6) is 5.75 Å². The molecule has 38 heavy (non-hydrogen) atoms. The van der Waals surface area contributed by atoms with Gasteiger partial charge in [0.25, 0.3) is 0 Å². The first-order valence-corrected chi connectivity index (χ1v) is 16.4. The maximum Gasteiger partial charge on any atom is 0.334 e. The average molecular weight is 580 g/mol. The minimum Gasteiger partial charge on any atom is -0.507 e. The Labute approximate surface area is 239 Å². The number of thioether (sulfide) groups is 3. The fraction of sp³-hybridized carbons (Fsp3) is 0.679. The lowest BCUT2D eigenvalue weighted by Gasteiger charge is -2.38. The van der Waals surface area contributed by atoms with E-state index in [-0.39, 0.29) is 23.4 Å². The molecule has 7 nitrogen and oxygen atoms in total. The predicted molar refractivity (Wildman–Crippen MR) is 162 cm³/mol. The molecular weight excluding hydrogens is 539 g/mol.